The number of carbonyl (C=O) groups is 2. The minimum Gasteiger partial charge on any atom is -0.479 e. The number of aliphatic carboxylic acids is 1. The van der Waals surface area contributed by atoms with E-state index in [1.54, 1.807) is 24.3 Å². The predicted octanol–water partition coefficient (Wildman–Crippen LogP) is 3.30. The van der Waals surface area contributed by atoms with E-state index in [4.69, 9.17) is 9.84 Å². The maximum Gasteiger partial charge on any atom is 0.344 e. The Hall–Kier alpha value is -1.84. The van der Waals surface area contributed by atoms with Gasteiger partial charge < -0.3 is 9.84 Å². The van der Waals surface area contributed by atoms with Crippen molar-refractivity contribution < 1.29 is 19.4 Å². The highest BCUT2D eigenvalue weighted by Crippen LogP contribution is 2.16. The number of rotatable bonds is 8. The maximum atomic E-state index is 11.8. The minimum atomic E-state index is -1.01. The van der Waals surface area contributed by atoms with Gasteiger partial charge in [-0.15, -0.1) is 0 Å². The first-order chi connectivity index (χ1) is 9.04. The fourth-order valence-corrected chi connectivity index (χ4v) is 1.65. The van der Waals surface area contributed by atoms with E-state index in [1.807, 2.05) is 0 Å². The van der Waals surface area contributed by atoms with Gasteiger partial charge in [0.05, 0.1) is 0 Å². The summed E-state index contributed by atoms with van der Waals surface area (Å²) in [6.07, 6.45) is 2.71. The molecular weight excluding hydrogens is 244 g/mol. The Morgan fingerprint density at radius 3 is 2.37 bits per heavy atom. The second-order valence-corrected chi connectivity index (χ2v) is 4.50. The van der Waals surface area contributed by atoms with Gasteiger partial charge in [0.1, 0.15) is 5.75 Å². The first-order valence-electron chi connectivity index (χ1n) is 6.57. The highest BCUT2D eigenvalue weighted by molar-refractivity contribution is 5.96. The van der Waals surface area contributed by atoms with Crippen LogP contribution in [0.4, 0.5) is 0 Å². The molecule has 1 aromatic rings. The van der Waals surface area contributed by atoms with E-state index in [1.165, 1.54) is 6.92 Å². The van der Waals surface area contributed by atoms with Crippen molar-refractivity contribution in [1.82, 2.24) is 0 Å². The molecule has 0 aliphatic carbocycles. The Labute approximate surface area is 113 Å². The largest absolute Gasteiger partial charge is 0.479 e. The summed E-state index contributed by atoms with van der Waals surface area (Å²) in [4.78, 5) is 22.5. The summed E-state index contributed by atoms with van der Waals surface area (Å²) in [6, 6.07) is 6.62. The summed E-state index contributed by atoms with van der Waals surface area (Å²) in [5, 5.41) is 8.73. The van der Waals surface area contributed by atoms with E-state index in [2.05, 4.69) is 6.92 Å². The summed E-state index contributed by atoms with van der Waals surface area (Å²) in [5.74, 6) is -0.439. The molecule has 0 saturated carbocycles. The minimum absolute atomic E-state index is 0.117. The summed E-state index contributed by atoms with van der Waals surface area (Å²) >= 11 is 0. The topological polar surface area (TPSA) is 63.6 Å². The predicted molar refractivity (Wildman–Crippen MR) is 72.6 cm³/mol. The van der Waals surface area contributed by atoms with Gasteiger partial charge in [-0.25, -0.2) is 4.79 Å². The zero-order valence-electron chi connectivity index (χ0n) is 11.4. The quantitative estimate of drug-likeness (QED) is 0.578. The Morgan fingerprint density at radius 2 is 1.84 bits per heavy atom. The van der Waals surface area contributed by atoms with Crippen LogP contribution in [0.1, 0.15) is 49.9 Å². The van der Waals surface area contributed by atoms with E-state index in [0.29, 0.717) is 17.7 Å². The van der Waals surface area contributed by atoms with Crippen molar-refractivity contribution in [3.05, 3.63) is 29.8 Å². The molecule has 0 aliphatic rings. The van der Waals surface area contributed by atoms with Crippen molar-refractivity contribution in [2.45, 2.75) is 45.6 Å². The molecule has 0 unspecified atom stereocenters. The molecule has 0 radical (unpaired) electrons. The number of unbranched alkanes of at least 4 members (excludes halogenated alkanes) is 2. The third-order valence-corrected chi connectivity index (χ3v) is 2.84. The number of carboxylic acid groups (broad SMARTS) is 1. The molecular formula is C15H20O4. The van der Waals surface area contributed by atoms with Crippen LogP contribution in [0.5, 0.6) is 5.75 Å². The monoisotopic (exact) mass is 264 g/mol. The smallest absolute Gasteiger partial charge is 0.344 e. The van der Waals surface area contributed by atoms with E-state index in [9.17, 15) is 9.59 Å². The van der Waals surface area contributed by atoms with E-state index in [0.717, 1.165) is 19.3 Å². The summed E-state index contributed by atoms with van der Waals surface area (Å²) in [5.41, 5.74) is 0.645. The molecule has 1 aromatic carbocycles. The van der Waals surface area contributed by atoms with Crippen LogP contribution in [0, 0.1) is 0 Å². The molecule has 0 aliphatic heterocycles. The van der Waals surface area contributed by atoms with Gasteiger partial charge in [-0.2, -0.15) is 0 Å². The van der Waals surface area contributed by atoms with Gasteiger partial charge in [0, 0.05) is 12.0 Å². The molecule has 0 aromatic heterocycles. The van der Waals surface area contributed by atoms with Crippen LogP contribution < -0.4 is 4.74 Å². The van der Waals surface area contributed by atoms with Gasteiger partial charge in [-0.3, -0.25) is 4.79 Å². The van der Waals surface area contributed by atoms with Crippen LogP contribution in [0.2, 0.25) is 0 Å². The third-order valence-electron chi connectivity index (χ3n) is 2.84. The fourth-order valence-electron chi connectivity index (χ4n) is 1.65. The molecule has 1 atom stereocenters. The second-order valence-electron chi connectivity index (χ2n) is 4.50. The molecule has 4 heteroatoms. The van der Waals surface area contributed by atoms with Crippen molar-refractivity contribution in [3.8, 4) is 5.75 Å². The highest BCUT2D eigenvalue weighted by Gasteiger charge is 2.12. The zero-order chi connectivity index (χ0) is 14.3. The molecule has 0 amide bonds. The highest BCUT2D eigenvalue weighted by atomic mass is 16.5. The molecule has 0 heterocycles. The van der Waals surface area contributed by atoms with Crippen molar-refractivity contribution in [2.75, 3.05) is 0 Å². The number of benzene rings is 1. The van der Waals surface area contributed by atoms with Gasteiger partial charge in [0.15, 0.2) is 11.9 Å². The molecule has 0 spiro atoms. The lowest BCUT2D eigenvalue weighted by Crippen LogP contribution is -2.22. The number of ether oxygens (including phenoxy) is 1. The summed E-state index contributed by atoms with van der Waals surface area (Å²) < 4.78 is 5.20. The van der Waals surface area contributed by atoms with Gasteiger partial charge in [-0.1, -0.05) is 19.8 Å². The number of Topliss-reactive ketones (excluding diaryl/α,β-unsaturated/α-hetero) is 1. The normalized spacial score (nSPS) is 11.9. The van der Waals surface area contributed by atoms with Crippen LogP contribution in [-0.4, -0.2) is 23.0 Å². The summed E-state index contributed by atoms with van der Waals surface area (Å²) in [7, 11) is 0. The number of hydrogen-bond donors (Lipinski definition) is 1. The zero-order valence-corrected chi connectivity index (χ0v) is 11.4. The summed E-state index contributed by atoms with van der Waals surface area (Å²) in [6.45, 7) is 3.56. The molecule has 4 nitrogen and oxygen atoms in total. The molecule has 0 fully saturated rings. The van der Waals surface area contributed by atoms with Crippen LogP contribution in [0.25, 0.3) is 0 Å². The number of ketones is 1. The van der Waals surface area contributed by atoms with Crippen molar-refractivity contribution in [3.63, 3.8) is 0 Å². The van der Waals surface area contributed by atoms with Crippen LogP contribution in [0.3, 0.4) is 0 Å². The Balaban J connectivity index is 2.56. The maximum absolute atomic E-state index is 11.8. The SMILES string of the molecule is CCCCCC(=O)c1ccc(O[C@H](C)C(=O)O)cc1. The second kappa shape index (κ2) is 7.56. The van der Waals surface area contributed by atoms with E-state index >= 15 is 0 Å². The number of carbonyl (C=O) groups excluding carboxylic acids is 1. The molecule has 104 valence electrons. The first kappa shape index (κ1) is 15.2. The Morgan fingerprint density at radius 1 is 1.21 bits per heavy atom. The molecule has 1 rings (SSSR count). The standard InChI is InChI=1S/C15H20O4/c1-3-4-5-6-14(16)12-7-9-13(10-8-12)19-11(2)15(17)18/h7-11H,3-6H2,1-2H3,(H,17,18)/t11-/m1/s1. The Kier molecular flexibility index (Phi) is 6.06. The first-order valence-corrected chi connectivity index (χ1v) is 6.57. The van der Waals surface area contributed by atoms with Crippen LogP contribution in [0.15, 0.2) is 24.3 Å². The van der Waals surface area contributed by atoms with Crippen LogP contribution in [-0.2, 0) is 4.79 Å². The van der Waals surface area contributed by atoms with Gasteiger partial charge in [-0.05, 0) is 37.6 Å². The molecule has 0 bridgehead atoms. The average Bonchev–Trinajstić information content (AvgIpc) is 2.39. The number of hydrogen-bond acceptors (Lipinski definition) is 3. The van der Waals surface area contributed by atoms with E-state index < -0.39 is 12.1 Å². The van der Waals surface area contributed by atoms with Gasteiger partial charge in [0.2, 0.25) is 0 Å². The lowest BCUT2D eigenvalue weighted by atomic mass is 10.0. The van der Waals surface area contributed by atoms with Gasteiger partial charge in [0.25, 0.3) is 0 Å². The van der Waals surface area contributed by atoms with E-state index in [-0.39, 0.29) is 5.78 Å². The molecule has 0 saturated heterocycles. The van der Waals surface area contributed by atoms with Crippen LogP contribution >= 0.6 is 0 Å². The lowest BCUT2D eigenvalue weighted by molar-refractivity contribution is -0.144. The van der Waals surface area contributed by atoms with Crippen molar-refractivity contribution in [2.24, 2.45) is 0 Å². The van der Waals surface area contributed by atoms with Crippen molar-refractivity contribution >= 4 is 11.8 Å². The van der Waals surface area contributed by atoms with Gasteiger partial charge >= 0.3 is 5.97 Å². The number of carboxylic acids is 1. The fraction of sp³-hybridized carbons (Fsp3) is 0.467. The van der Waals surface area contributed by atoms with Crippen molar-refractivity contribution in [1.29, 1.82) is 0 Å². The molecule has 1 N–H and O–H groups in total. The average molecular weight is 264 g/mol. The lowest BCUT2D eigenvalue weighted by Gasteiger charge is -2.10. The third kappa shape index (κ3) is 5.12. The Bertz CT molecular complexity index is 422. The molecule has 19 heavy (non-hydrogen) atoms.